The van der Waals surface area contributed by atoms with Crippen molar-refractivity contribution in [1.82, 2.24) is 10.2 Å². The van der Waals surface area contributed by atoms with Crippen LogP contribution in [0.5, 0.6) is 0 Å². The van der Waals surface area contributed by atoms with Crippen LogP contribution in [0.25, 0.3) is 0 Å². The Morgan fingerprint density at radius 1 is 1.44 bits per heavy atom. The van der Waals surface area contributed by atoms with Gasteiger partial charge >= 0.3 is 0 Å². The molecule has 0 rings (SSSR count). The lowest BCUT2D eigenvalue weighted by Crippen LogP contribution is -2.41. The van der Waals surface area contributed by atoms with Crippen molar-refractivity contribution in [3.63, 3.8) is 0 Å². The van der Waals surface area contributed by atoms with Gasteiger partial charge in [0.1, 0.15) is 0 Å². The number of nitrogens with zero attached hydrogens (tertiary/aromatic N) is 1. The summed E-state index contributed by atoms with van der Waals surface area (Å²) in [5.74, 6) is 0.0353. The molecule has 0 spiro atoms. The molecule has 0 unspecified atom stereocenters. The smallest absolute Gasteiger partial charge is 0.251 e. The van der Waals surface area contributed by atoms with E-state index in [0.717, 1.165) is 0 Å². The van der Waals surface area contributed by atoms with E-state index in [1.807, 2.05) is 13.8 Å². The average molecular weight is 238 g/mol. The van der Waals surface area contributed by atoms with Gasteiger partial charge in [0.15, 0.2) is 0 Å². The summed E-state index contributed by atoms with van der Waals surface area (Å²) in [5, 5.41) is 11.3. The second kappa shape index (κ2) is 8.41. The standard InChI is InChI=1S/C10H20F2N2O2/c1-8(2)5-13-10(16)7-14(3-4-15)6-9(11)12/h8-9,15H,3-7H2,1-2H3,(H,13,16). The molecule has 4 nitrogen and oxygen atoms in total. The Balaban J connectivity index is 3.92. The molecule has 96 valence electrons. The van der Waals surface area contributed by atoms with Gasteiger partial charge in [0.25, 0.3) is 6.43 Å². The van der Waals surface area contributed by atoms with Crippen molar-refractivity contribution in [1.29, 1.82) is 0 Å². The van der Waals surface area contributed by atoms with Gasteiger partial charge in [0.2, 0.25) is 5.91 Å². The quantitative estimate of drug-likeness (QED) is 0.640. The van der Waals surface area contributed by atoms with Crippen molar-refractivity contribution in [2.75, 3.05) is 32.8 Å². The summed E-state index contributed by atoms with van der Waals surface area (Å²) in [6.07, 6.45) is -2.50. The number of amides is 1. The van der Waals surface area contributed by atoms with Gasteiger partial charge < -0.3 is 10.4 Å². The maximum absolute atomic E-state index is 12.1. The number of carbonyl (C=O) groups excluding carboxylic acids is 1. The van der Waals surface area contributed by atoms with Crippen LogP contribution in [0.4, 0.5) is 8.78 Å². The van der Waals surface area contributed by atoms with Crippen LogP contribution in [0, 0.1) is 5.92 Å². The van der Waals surface area contributed by atoms with E-state index in [4.69, 9.17) is 5.11 Å². The van der Waals surface area contributed by atoms with Crippen molar-refractivity contribution in [3.8, 4) is 0 Å². The fourth-order valence-corrected chi connectivity index (χ4v) is 1.15. The first kappa shape index (κ1) is 15.2. The highest BCUT2D eigenvalue weighted by Gasteiger charge is 2.14. The Bertz CT molecular complexity index is 201. The third-order valence-corrected chi connectivity index (χ3v) is 1.89. The summed E-state index contributed by atoms with van der Waals surface area (Å²) in [6, 6.07) is 0. The minimum atomic E-state index is -2.50. The Morgan fingerprint density at radius 2 is 2.06 bits per heavy atom. The second-order valence-electron chi connectivity index (χ2n) is 4.05. The second-order valence-corrected chi connectivity index (χ2v) is 4.05. The number of hydrogen-bond acceptors (Lipinski definition) is 3. The molecule has 0 aromatic heterocycles. The zero-order valence-corrected chi connectivity index (χ0v) is 9.75. The summed E-state index contributed by atoms with van der Waals surface area (Å²) in [7, 11) is 0. The Morgan fingerprint density at radius 3 is 2.50 bits per heavy atom. The van der Waals surface area contributed by atoms with E-state index in [1.165, 1.54) is 4.90 Å². The molecule has 16 heavy (non-hydrogen) atoms. The molecule has 0 aliphatic rings. The summed E-state index contributed by atoms with van der Waals surface area (Å²) < 4.78 is 24.2. The molecular formula is C10H20F2N2O2. The number of aliphatic hydroxyl groups excluding tert-OH is 1. The van der Waals surface area contributed by atoms with Crippen molar-refractivity contribution in [2.24, 2.45) is 5.92 Å². The molecule has 0 heterocycles. The first-order chi connectivity index (χ1) is 7.45. The minimum Gasteiger partial charge on any atom is -0.395 e. The van der Waals surface area contributed by atoms with Crippen LogP contribution < -0.4 is 5.32 Å². The first-order valence-electron chi connectivity index (χ1n) is 5.33. The van der Waals surface area contributed by atoms with Crippen LogP contribution in [0.1, 0.15) is 13.8 Å². The average Bonchev–Trinajstić information content (AvgIpc) is 2.14. The maximum Gasteiger partial charge on any atom is 0.251 e. The summed E-state index contributed by atoms with van der Waals surface area (Å²) in [4.78, 5) is 12.6. The van der Waals surface area contributed by atoms with Gasteiger partial charge in [-0.05, 0) is 5.92 Å². The molecule has 0 atom stereocenters. The predicted octanol–water partition coefficient (Wildman–Crippen LogP) is 0.318. The molecular weight excluding hydrogens is 218 g/mol. The molecule has 0 saturated carbocycles. The molecule has 0 aromatic rings. The number of rotatable bonds is 8. The Labute approximate surface area is 94.6 Å². The molecule has 2 N–H and O–H groups in total. The number of nitrogens with one attached hydrogen (secondary N) is 1. The van der Waals surface area contributed by atoms with Crippen LogP contribution in [-0.2, 0) is 4.79 Å². The molecule has 0 radical (unpaired) electrons. The molecule has 0 saturated heterocycles. The van der Waals surface area contributed by atoms with Crippen molar-refractivity contribution in [3.05, 3.63) is 0 Å². The molecule has 0 aromatic carbocycles. The number of carbonyl (C=O) groups is 1. The van der Waals surface area contributed by atoms with Crippen LogP contribution in [0.3, 0.4) is 0 Å². The third kappa shape index (κ3) is 8.55. The predicted molar refractivity (Wildman–Crippen MR) is 57.4 cm³/mol. The van der Waals surface area contributed by atoms with Gasteiger partial charge in [0.05, 0.1) is 19.7 Å². The van der Waals surface area contributed by atoms with Crippen molar-refractivity contribution in [2.45, 2.75) is 20.3 Å². The Kier molecular flexibility index (Phi) is 8.01. The van der Waals surface area contributed by atoms with Gasteiger partial charge in [-0.3, -0.25) is 9.69 Å². The molecule has 6 heteroatoms. The van der Waals surface area contributed by atoms with Crippen LogP contribution in [0.2, 0.25) is 0 Å². The largest absolute Gasteiger partial charge is 0.395 e. The van der Waals surface area contributed by atoms with E-state index < -0.39 is 13.0 Å². The van der Waals surface area contributed by atoms with Gasteiger partial charge in [0, 0.05) is 13.1 Å². The van der Waals surface area contributed by atoms with Crippen molar-refractivity contribution >= 4 is 5.91 Å². The molecule has 0 aliphatic carbocycles. The van der Waals surface area contributed by atoms with Crippen LogP contribution in [-0.4, -0.2) is 55.1 Å². The molecule has 0 bridgehead atoms. The fraction of sp³-hybridized carbons (Fsp3) is 0.900. The summed E-state index contributed by atoms with van der Waals surface area (Å²) in [6.45, 7) is 3.69. The number of halogens is 2. The van der Waals surface area contributed by atoms with Crippen LogP contribution in [0.15, 0.2) is 0 Å². The van der Waals surface area contributed by atoms with Gasteiger partial charge in [-0.2, -0.15) is 0 Å². The number of hydrogen-bond donors (Lipinski definition) is 2. The topological polar surface area (TPSA) is 52.6 Å². The summed E-state index contributed by atoms with van der Waals surface area (Å²) in [5.41, 5.74) is 0. The van der Waals surface area contributed by atoms with Gasteiger partial charge in [-0.15, -0.1) is 0 Å². The van der Waals surface area contributed by atoms with E-state index in [2.05, 4.69) is 5.32 Å². The normalized spacial score (nSPS) is 11.5. The zero-order chi connectivity index (χ0) is 12.6. The Hall–Kier alpha value is -0.750. The first-order valence-corrected chi connectivity index (χ1v) is 5.33. The van der Waals surface area contributed by atoms with E-state index >= 15 is 0 Å². The third-order valence-electron chi connectivity index (χ3n) is 1.89. The monoisotopic (exact) mass is 238 g/mol. The molecule has 0 aliphatic heterocycles. The van der Waals surface area contributed by atoms with E-state index in [0.29, 0.717) is 12.5 Å². The highest BCUT2D eigenvalue weighted by molar-refractivity contribution is 5.77. The molecule has 0 fully saturated rings. The van der Waals surface area contributed by atoms with Crippen LogP contribution >= 0.6 is 0 Å². The lowest BCUT2D eigenvalue weighted by atomic mass is 10.2. The summed E-state index contributed by atoms with van der Waals surface area (Å²) >= 11 is 0. The maximum atomic E-state index is 12.1. The van der Waals surface area contributed by atoms with E-state index in [-0.39, 0.29) is 25.6 Å². The van der Waals surface area contributed by atoms with E-state index in [1.54, 1.807) is 0 Å². The lowest BCUT2D eigenvalue weighted by molar-refractivity contribution is -0.122. The number of aliphatic hydroxyl groups is 1. The van der Waals surface area contributed by atoms with Gasteiger partial charge in [-0.1, -0.05) is 13.8 Å². The lowest BCUT2D eigenvalue weighted by Gasteiger charge is -2.20. The SMILES string of the molecule is CC(C)CNC(=O)CN(CCO)CC(F)F. The molecule has 1 amide bonds. The highest BCUT2D eigenvalue weighted by Crippen LogP contribution is 1.97. The van der Waals surface area contributed by atoms with E-state index in [9.17, 15) is 13.6 Å². The zero-order valence-electron chi connectivity index (χ0n) is 9.75. The minimum absolute atomic E-state index is 0.0828. The van der Waals surface area contributed by atoms with Gasteiger partial charge in [-0.25, -0.2) is 8.78 Å². The number of alkyl halides is 2. The highest BCUT2D eigenvalue weighted by atomic mass is 19.3. The van der Waals surface area contributed by atoms with Crippen molar-refractivity contribution < 1.29 is 18.7 Å². The fourth-order valence-electron chi connectivity index (χ4n) is 1.15.